The Kier molecular flexibility index (Phi) is 5.68. The van der Waals surface area contributed by atoms with Crippen molar-refractivity contribution in [2.75, 3.05) is 7.11 Å². The number of aromatic hydroxyl groups is 1. The molecule has 0 bridgehead atoms. The lowest BCUT2D eigenvalue weighted by atomic mass is 10.0. The van der Waals surface area contributed by atoms with Crippen LogP contribution in [0.15, 0.2) is 45.6 Å². The van der Waals surface area contributed by atoms with E-state index in [2.05, 4.69) is 0 Å². The summed E-state index contributed by atoms with van der Waals surface area (Å²) in [6.45, 7) is 3.78. The van der Waals surface area contributed by atoms with Crippen molar-refractivity contribution in [3.05, 3.63) is 69.1 Å². The first-order valence-electron chi connectivity index (χ1n) is 8.99. The standard InChI is InChI=1S/C22H22O6/c1-4-14-8-17-16(10-22(25)28-20(17)11-18(14)23)12-27-21(24)9-15-7-13(2)5-6-19(15)26-3/h5-8,10-11,23H,4,9,12H2,1-3H3. The summed E-state index contributed by atoms with van der Waals surface area (Å²) in [6.07, 6.45) is 0.679. The second-order valence-electron chi connectivity index (χ2n) is 6.57. The molecule has 0 radical (unpaired) electrons. The number of ether oxygens (including phenoxy) is 2. The van der Waals surface area contributed by atoms with Gasteiger partial charge in [0.1, 0.15) is 23.7 Å². The Morgan fingerprint density at radius 1 is 1.11 bits per heavy atom. The highest BCUT2D eigenvalue weighted by Gasteiger charge is 2.14. The van der Waals surface area contributed by atoms with E-state index in [1.54, 1.807) is 13.2 Å². The lowest BCUT2D eigenvalue weighted by Crippen LogP contribution is -2.11. The van der Waals surface area contributed by atoms with Crippen LogP contribution >= 0.6 is 0 Å². The van der Waals surface area contributed by atoms with Crippen LogP contribution < -0.4 is 10.4 Å². The lowest BCUT2D eigenvalue weighted by molar-refractivity contribution is -0.144. The Balaban J connectivity index is 1.82. The molecule has 28 heavy (non-hydrogen) atoms. The van der Waals surface area contributed by atoms with Gasteiger partial charge in [0.15, 0.2) is 0 Å². The van der Waals surface area contributed by atoms with Gasteiger partial charge in [0.25, 0.3) is 0 Å². The summed E-state index contributed by atoms with van der Waals surface area (Å²) >= 11 is 0. The summed E-state index contributed by atoms with van der Waals surface area (Å²) in [7, 11) is 1.55. The number of esters is 1. The lowest BCUT2D eigenvalue weighted by Gasteiger charge is -2.11. The van der Waals surface area contributed by atoms with E-state index in [1.807, 2.05) is 32.0 Å². The molecule has 3 rings (SSSR count). The van der Waals surface area contributed by atoms with Crippen molar-refractivity contribution in [1.82, 2.24) is 0 Å². The van der Waals surface area contributed by atoms with E-state index < -0.39 is 11.6 Å². The number of hydrogen-bond donors (Lipinski definition) is 1. The molecule has 1 aromatic heterocycles. The van der Waals surface area contributed by atoms with E-state index in [0.29, 0.717) is 23.1 Å². The fraction of sp³-hybridized carbons (Fsp3) is 0.273. The number of aryl methyl sites for hydroxylation is 2. The summed E-state index contributed by atoms with van der Waals surface area (Å²) in [6, 6.07) is 10.1. The van der Waals surface area contributed by atoms with Gasteiger partial charge in [-0.3, -0.25) is 4.79 Å². The number of hydrogen-bond acceptors (Lipinski definition) is 6. The van der Waals surface area contributed by atoms with E-state index in [4.69, 9.17) is 13.9 Å². The maximum atomic E-state index is 12.3. The molecule has 0 spiro atoms. The number of rotatable bonds is 6. The first-order chi connectivity index (χ1) is 13.4. The SMILES string of the molecule is CCc1cc2c(COC(=O)Cc3cc(C)ccc3OC)cc(=O)oc2cc1O. The number of phenolic OH excluding ortho intramolecular Hbond substituents is 1. The molecule has 0 atom stereocenters. The van der Waals surface area contributed by atoms with Gasteiger partial charge in [-0.25, -0.2) is 4.79 Å². The minimum Gasteiger partial charge on any atom is -0.508 e. The molecule has 146 valence electrons. The quantitative estimate of drug-likeness (QED) is 0.517. The molecule has 0 aliphatic heterocycles. The highest BCUT2D eigenvalue weighted by Crippen LogP contribution is 2.27. The maximum absolute atomic E-state index is 12.3. The number of carbonyl (C=O) groups excluding carboxylic acids is 1. The molecule has 0 fully saturated rings. The van der Waals surface area contributed by atoms with E-state index in [-0.39, 0.29) is 24.4 Å². The van der Waals surface area contributed by atoms with Crippen molar-refractivity contribution in [3.63, 3.8) is 0 Å². The van der Waals surface area contributed by atoms with Gasteiger partial charge in [0.2, 0.25) is 0 Å². The van der Waals surface area contributed by atoms with E-state index in [0.717, 1.165) is 16.7 Å². The predicted octanol–water partition coefficient (Wildman–Crippen LogP) is 3.66. The van der Waals surface area contributed by atoms with Gasteiger partial charge in [0, 0.05) is 28.6 Å². The Hall–Kier alpha value is -3.28. The highest BCUT2D eigenvalue weighted by molar-refractivity contribution is 5.83. The molecular formula is C22H22O6. The van der Waals surface area contributed by atoms with E-state index >= 15 is 0 Å². The minimum atomic E-state index is -0.567. The number of fused-ring (bicyclic) bond motifs is 1. The van der Waals surface area contributed by atoms with E-state index in [1.165, 1.54) is 12.1 Å². The Morgan fingerprint density at radius 3 is 2.61 bits per heavy atom. The molecule has 2 aromatic carbocycles. The monoisotopic (exact) mass is 382 g/mol. The summed E-state index contributed by atoms with van der Waals surface area (Å²) in [5.41, 5.74) is 2.70. The van der Waals surface area contributed by atoms with Crippen molar-refractivity contribution in [2.24, 2.45) is 0 Å². The molecule has 0 unspecified atom stereocenters. The van der Waals surface area contributed by atoms with Gasteiger partial charge in [-0.05, 0) is 31.0 Å². The van der Waals surface area contributed by atoms with Crippen LogP contribution in [0, 0.1) is 6.92 Å². The van der Waals surface area contributed by atoms with Gasteiger partial charge < -0.3 is 19.0 Å². The fourth-order valence-electron chi connectivity index (χ4n) is 3.12. The molecule has 0 saturated carbocycles. The average molecular weight is 382 g/mol. The molecule has 3 aromatic rings. The number of benzene rings is 2. The average Bonchev–Trinajstić information content (AvgIpc) is 2.65. The zero-order valence-electron chi connectivity index (χ0n) is 16.1. The molecule has 6 nitrogen and oxygen atoms in total. The van der Waals surface area contributed by atoms with Gasteiger partial charge >= 0.3 is 11.6 Å². The zero-order valence-corrected chi connectivity index (χ0v) is 16.1. The number of carbonyl (C=O) groups is 1. The van der Waals surface area contributed by atoms with Crippen LogP contribution in [0.4, 0.5) is 0 Å². The van der Waals surface area contributed by atoms with Crippen molar-refractivity contribution < 1.29 is 23.8 Å². The first-order valence-corrected chi connectivity index (χ1v) is 8.99. The third-order valence-corrected chi connectivity index (χ3v) is 4.57. The molecular weight excluding hydrogens is 360 g/mol. The largest absolute Gasteiger partial charge is 0.508 e. The Labute approximate surface area is 162 Å². The molecule has 6 heteroatoms. The van der Waals surface area contributed by atoms with Crippen LogP contribution in [0.5, 0.6) is 11.5 Å². The fourth-order valence-corrected chi connectivity index (χ4v) is 3.12. The maximum Gasteiger partial charge on any atom is 0.336 e. The van der Waals surface area contributed by atoms with Gasteiger partial charge in [-0.2, -0.15) is 0 Å². The summed E-state index contributed by atoms with van der Waals surface area (Å²) in [5, 5.41) is 10.6. The zero-order chi connectivity index (χ0) is 20.3. The second kappa shape index (κ2) is 8.17. The van der Waals surface area contributed by atoms with Crippen molar-refractivity contribution in [1.29, 1.82) is 0 Å². The molecule has 1 heterocycles. The van der Waals surface area contributed by atoms with Crippen molar-refractivity contribution in [3.8, 4) is 11.5 Å². The van der Waals surface area contributed by atoms with Crippen LogP contribution in [0.3, 0.4) is 0 Å². The normalized spacial score (nSPS) is 10.8. The molecule has 0 aliphatic rings. The van der Waals surface area contributed by atoms with Crippen LogP contribution in [0.2, 0.25) is 0 Å². The van der Waals surface area contributed by atoms with Crippen LogP contribution in [-0.4, -0.2) is 18.2 Å². The van der Waals surface area contributed by atoms with Gasteiger partial charge in [-0.15, -0.1) is 0 Å². The summed E-state index contributed by atoms with van der Waals surface area (Å²) in [5.74, 6) is 0.259. The minimum absolute atomic E-state index is 0.0607. The van der Waals surface area contributed by atoms with E-state index in [9.17, 15) is 14.7 Å². The van der Waals surface area contributed by atoms with Crippen LogP contribution in [-0.2, 0) is 29.0 Å². The van der Waals surface area contributed by atoms with Crippen molar-refractivity contribution >= 4 is 16.9 Å². The number of phenols is 1. The topological polar surface area (TPSA) is 86.0 Å². The van der Waals surface area contributed by atoms with Crippen LogP contribution in [0.1, 0.15) is 29.2 Å². The molecule has 0 amide bonds. The van der Waals surface area contributed by atoms with Gasteiger partial charge in [-0.1, -0.05) is 24.6 Å². The van der Waals surface area contributed by atoms with Crippen molar-refractivity contribution in [2.45, 2.75) is 33.3 Å². The van der Waals surface area contributed by atoms with Gasteiger partial charge in [0.05, 0.1) is 13.5 Å². The molecule has 1 N–H and O–H groups in total. The highest BCUT2D eigenvalue weighted by atomic mass is 16.5. The Bertz CT molecular complexity index is 1080. The third kappa shape index (κ3) is 4.17. The summed E-state index contributed by atoms with van der Waals surface area (Å²) in [4.78, 5) is 24.2. The molecule has 0 saturated heterocycles. The number of methoxy groups -OCH3 is 1. The second-order valence-corrected chi connectivity index (χ2v) is 6.57. The third-order valence-electron chi connectivity index (χ3n) is 4.57. The summed E-state index contributed by atoms with van der Waals surface area (Å²) < 4.78 is 15.8. The smallest absolute Gasteiger partial charge is 0.336 e. The van der Waals surface area contributed by atoms with Crippen LogP contribution in [0.25, 0.3) is 11.0 Å². The Morgan fingerprint density at radius 2 is 1.89 bits per heavy atom. The first kappa shape index (κ1) is 19.5. The molecule has 0 aliphatic carbocycles. The predicted molar refractivity (Wildman–Crippen MR) is 105 cm³/mol.